The van der Waals surface area contributed by atoms with Crippen LogP contribution >= 0.6 is 34.8 Å². The average Bonchev–Trinajstić information content (AvgIpc) is 2.29. The predicted octanol–water partition coefficient (Wildman–Crippen LogP) is 3.91. The van der Waals surface area contributed by atoms with Crippen LogP contribution in [0.5, 0.6) is 0 Å². The average molecular weight is 320 g/mol. The number of rotatable bonds is 2. The zero-order chi connectivity index (χ0) is 14.2. The Balaban J connectivity index is 2.75. The molecule has 0 radical (unpaired) electrons. The Morgan fingerprint density at radius 3 is 2.21 bits per heavy atom. The van der Waals surface area contributed by atoms with E-state index in [2.05, 4.69) is 4.98 Å². The van der Waals surface area contributed by atoms with E-state index in [0.717, 1.165) is 12.3 Å². The minimum atomic E-state index is -0.628. The Labute approximate surface area is 121 Å². The summed E-state index contributed by atoms with van der Waals surface area (Å²) in [6.07, 6.45) is 1.00. The molecule has 2 rings (SSSR count). The van der Waals surface area contributed by atoms with Crippen LogP contribution in [0.1, 0.15) is 0 Å². The highest BCUT2D eigenvalue weighted by atomic mass is 35.5. The smallest absolute Gasteiger partial charge is 0.286 e. The molecule has 1 aromatic heterocycles. The van der Waals surface area contributed by atoms with Crippen LogP contribution in [0.3, 0.4) is 0 Å². The molecule has 1 heterocycles. The SMILES string of the molecule is O=c1[nH]cc([N+](=O)[O-])cc1-c1c(Cl)cc(Cl)cc1Cl. The van der Waals surface area contributed by atoms with Gasteiger partial charge in [0.05, 0.1) is 26.7 Å². The topological polar surface area (TPSA) is 76.0 Å². The fraction of sp³-hybridized carbons (Fsp3) is 0. The van der Waals surface area contributed by atoms with E-state index < -0.39 is 10.5 Å². The molecule has 0 saturated carbocycles. The molecule has 2 aromatic rings. The van der Waals surface area contributed by atoms with Crippen LogP contribution in [0, 0.1) is 10.1 Å². The summed E-state index contributed by atoms with van der Waals surface area (Å²) in [4.78, 5) is 24.1. The summed E-state index contributed by atoms with van der Waals surface area (Å²) >= 11 is 17.7. The molecule has 0 saturated heterocycles. The molecule has 0 fully saturated rings. The highest BCUT2D eigenvalue weighted by Crippen LogP contribution is 2.36. The molecular formula is C11H5Cl3N2O3. The molecule has 1 N–H and O–H groups in total. The summed E-state index contributed by atoms with van der Waals surface area (Å²) in [5, 5.41) is 11.3. The van der Waals surface area contributed by atoms with E-state index in [0.29, 0.717) is 5.02 Å². The van der Waals surface area contributed by atoms with Crippen LogP contribution in [-0.4, -0.2) is 9.91 Å². The third-order valence-corrected chi connectivity index (χ3v) is 3.19. The molecule has 1 aromatic carbocycles. The third kappa shape index (κ3) is 2.73. The Bertz CT molecular complexity index is 704. The molecule has 0 amide bonds. The highest BCUT2D eigenvalue weighted by Gasteiger charge is 2.17. The lowest BCUT2D eigenvalue weighted by atomic mass is 10.1. The second-order valence-corrected chi connectivity index (χ2v) is 4.85. The molecule has 8 heteroatoms. The number of aromatic amines is 1. The largest absolute Gasteiger partial charge is 0.322 e. The van der Waals surface area contributed by atoms with Gasteiger partial charge in [-0.05, 0) is 12.1 Å². The summed E-state index contributed by atoms with van der Waals surface area (Å²) in [6.45, 7) is 0. The number of nitrogens with zero attached hydrogens (tertiary/aromatic N) is 1. The number of hydrogen-bond donors (Lipinski definition) is 1. The van der Waals surface area contributed by atoms with Crippen molar-refractivity contribution in [3.05, 3.63) is 59.9 Å². The van der Waals surface area contributed by atoms with E-state index in [1.54, 1.807) is 0 Å². The van der Waals surface area contributed by atoms with E-state index in [4.69, 9.17) is 34.8 Å². The maximum absolute atomic E-state index is 11.8. The Morgan fingerprint density at radius 1 is 1.11 bits per heavy atom. The van der Waals surface area contributed by atoms with Crippen molar-refractivity contribution >= 4 is 40.5 Å². The van der Waals surface area contributed by atoms with Gasteiger partial charge in [0.25, 0.3) is 11.2 Å². The molecular weight excluding hydrogens is 314 g/mol. The van der Waals surface area contributed by atoms with Crippen molar-refractivity contribution in [3.63, 3.8) is 0 Å². The van der Waals surface area contributed by atoms with Gasteiger partial charge in [-0.25, -0.2) is 0 Å². The van der Waals surface area contributed by atoms with Crippen LogP contribution in [-0.2, 0) is 0 Å². The van der Waals surface area contributed by atoms with Crippen molar-refractivity contribution in [2.45, 2.75) is 0 Å². The first-order valence-corrected chi connectivity index (χ1v) is 6.05. The van der Waals surface area contributed by atoms with Crippen LogP contribution in [0.15, 0.2) is 29.2 Å². The normalized spacial score (nSPS) is 10.5. The molecule has 0 atom stereocenters. The fourth-order valence-electron chi connectivity index (χ4n) is 1.56. The number of benzene rings is 1. The van der Waals surface area contributed by atoms with Crippen LogP contribution in [0.25, 0.3) is 11.1 Å². The molecule has 5 nitrogen and oxygen atoms in total. The van der Waals surface area contributed by atoms with Crippen molar-refractivity contribution in [2.75, 3.05) is 0 Å². The zero-order valence-electron chi connectivity index (χ0n) is 9.12. The van der Waals surface area contributed by atoms with E-state index in [-0.39, 0.29) is 26.9 Å². The second-order valence-electron chi connectivity index (χ2n) is 3.60. The minimum Gasteiger partial charge on any atom is -0.322 e. The molecule has 98 valence electrons. The maximum atomic E-state index is 11.8. The lowest BCUT2D eigenvalue weighted by molar-refractivity contribution is -0.385. The van der Waals surface area contributed by atoms with Gasteiger partial charge in [-0.15, -0.1) is 0 Å². The number of hydrogen-bond acceptors (Lipinski definition) is 3. The monoisotopic (exact) mass is 318 g/mol. The van der Waals surface area contributed by atoms with Gasteiger partial charge in [0.1, 0.15) is 0 Å². The summed E-state index contributed by atoms with van der Waals surface area (Å²) in [5.41, 5.74) is -0.577. The Kier molecular flexibility index (Phi) is 3.80. The Morgan fingerprint density at radius 2 is 1.68 bits per heavy atom. The number of pyridine rings is 1. The number of nitrogens with one attached hydrogen (secondary N) is 1. The van der Waals surface area contributed by atoms with E-state index in [1.807, 2.05) is 0 Å². The zero-order valence-corrected chi connectivity index (χ0v) is 11.4. The molecule has 0 aliphatic rings. The molecule has 0 bridgehead atoms. The third-order valence-electron chi connectivity index (χ3n) is 2.38. The molecule has 0 aliphatic heterocycles. The van der Waals surface area contributed by atoms with Gasteiger partial charge in [0, 0.05) is 16.7 Å². The van der Waals surface area contributed by atoms with E-state index in [1.165, 1.54) is 12.1 Å². The van der Waals surface area contributed by atoms with Gasteiger partial charge in [-0.2, -0.15) is 0 Å². The number of nitro groups is 1. The summed E-state index contributed by atoms with van der Waals surface area (Å²) in [6, 6.07) is 3.92. The van der Waals surface area contributed by atoms with E-state index >= 15 is 0 Å². The summed E-state index contributed by atoms with van der Waals surface area (Å²) in [7, 11) is 0. The van der Waals surface area contributed by atoms with Gasteiger partial charge >= 0.3 is 0 Å². The molecule has 19 heavy (non-hydrogen) atoms. The second kappa shape index (κ2) is 5.21. The quantitative estimate of drug-likeness (QED) is 0.673. The fourth-order valence-corrected chi connectivity index (χ4v) is 2.58. The van der Waals surface area contributed by atoms with Crippen molar-refractivity contribution in [2.24, 2.45) is 0 Å². The Hall–Kier alpha value is -1.56. The number of halogens is 3. The maximum Gasteiger partial charge on any atom is 0.286 e. The van der Waals surface area contributed by atoms with Crippen LogP contribution < -0.4 is 5.56 Å². The summed E-state index contributed by atoms with van der Waals surface area (Å²) < 4.78 is 0. The molecule has 0 unspecified atom stereocenters. The first-order chi connectivity index (χ1) is 8.90. The van der Waals surface area contributed by atoms with Gasteiger partial charge in [-0.1, -0.05) is 34.8 Å². The van der Waals surface area contributed by atoms with Gasteiger partial charge < -0.3 is 4.98 Å². The van der Waals surface area contributed by atoms with Gasteiger partial charge in [0.2, 0.25) is 0 Å². The molecule has 0 aliphatic carbocycles. The van der Waals surface area contributed by atoms with E-state index in [9.17, 15) is 14.9 Å². The minimum absolute atomic E-state index is 0.0147. The molecule has 0 spiro atoms. The number of aromatic nitrogens is 1. The highest BCUT2D eigenvalue weighted by molar-refractivity contribution is 6.41. The standard InChI is InChI=1S/C11H5Cl3N2O3/c12-5-1-8(13)10(9(14)2-5)7-3-6(16(18)19)4-15-11(7)17/h1-4H,(H,15,17). The lowest BCUT2D eigenvalue weighted by Crippen LogP contribution is -2.09. The lowest BCUT2D eigenvalue weighted by Gasteiger charge is -2.07. The van der Waals surface area contributed by atoms with Crippen LogP contribution in [0.4, 0.5) is 5.69 Å². The first-order valence-electron chi connectivity index (χ1n) is 4.92. The van der Waals surface area contributed by atoms with Gasteiger partial charge in [-0.3, -0.25) is 14.9 Å². The number of H-pyrrole nitrogens is 1. The van der Waals surface area contributed by atoms with Gasteiger partial charge in [0.15, 0.2) is 0 Å². The van der Waals surface area contributed by atoms with Crippen molar-refractivity contribution < 1.29 is 4.92 Å². The predicted molar refractivity (Wildman–Crippen MR) is 74.2 cm³/mol. The first kappa shape index (κ1) is 13.9. The van der Waals surface area contributed by atoms with Crippen LogP contribution in [0.2, 0.25) is 15.1 Å². The van der Waals surface area contributed by atoms with Crippen molar-refractivity contribution in [3.8, 4) is 11.1 Å². The van der Waals surface area contributed by atoms with Crippen molar-refractivity contribution in [1.29, 1.82) is 0 Å². The van der Waals surface area contributed by atoms with Crippen molar-refractivity contribution in [1.82, 2.24) is 4.98 Å². The summed E-state index contributed by atoms with van der Waals surface area (Å²) in [5.74, 6) is 0.